The summed E-state index contributed by atoms with van der Waals surface area (Å²) in [6.45, 7) is 12.2. The lowest BCUT2D eigenvalue weighted by molar-refractivity contribution is -0.323. The summed E-state index contributed by atoms with van der Waals surface area (Å²) >= 11 is 0. The Morgan fingerprint density at radius 2 is 1.35 bits per heavy atom. The number of nitrogens with zero attached hydrogens (tertiary/aromatic N) is 1. The number of benzene rings is 1. The third kappa shape index (κ3) is 4.03. The molecule has 1 heterocycles. The number of morpholine rings is 1. The van der Waals surface area contributed by atoms with Gasteiger partial charge in [-0.3, -0.25) is 0 Å². The van der Waals surface area contributed by atoms with Crippen LogP contribution in [0.25, 0.3) is 0 Å². The summed E-state index contributed by atoms with van der Waals surface area (Å²) in [5, 5.41) is 50.5. The number of phenols is 3. The van der Waals surface area contributed by atoms with Crippen LogP contribution in [-0.4, -0.2) is 54.7 Å². The van der Waals surface area contributed by atoms with E-state index in [0.717, 1.165) is 11.8 Å². The zero-order valence-corrected chi connectivity index (χ0v) is 16.4. The number of ether oxygens (including phenoxy) is 1. The second-order valence-corrected chi connectivity index (χ2v) is 7.47. The van der Waals surface area contributed by atoms with Crippen molar-refractivity contribution < 1.29 is 34.7 Å². The van der Waals surface area contributed by atoms with Crippen LogP contribution in [0.4, 0.5) is 4.39 Å². The van der Waals surface area contributed by atoms with Gasteiger partial charge < -0.3 is 30.3 Å². The normalized spacial score (nSPS) is 19.6. The first-order valence-corrected chi connectivity index (χ1v) is 8.53. The Labute approximate surface area is 153 Å². The van der Waals surface area contributed by atoms with Gasteiger partial charge in [0.25, 0.3) is 5.91 Å². The molecule has 0 unspecified atom stereocenters. The Morgan fingerprint density at radius 1 is 0.923 bits per heavy atom. The van der Waals surface area contributed by atoms with Crippen LogP contribution in [-0.2, 0) is 10.6 Å². The van der Waals surface area contributed by atoms with Gasteiger partial charge in [0.15, 0.2) is 11.5 Å². The summed E-state index contributed by atoms with van der Waals surface area (Å²) in [4.78, 5) is 1.14. The van der Waals surface area contributed by atoms with Gasteiger partial charge in [0.2, 0.25) is 5.75 Å². The molecule has 5 N–H and O–H groups in total. The van der Waals surface area contributed by atoms with Gasteiger partial charge in [0.1, 0.15) is 11.4 Å². The SMILES string of the molecule is CC.Cc1c(O)c(O)c(O)c(C(O)(O)N2CC(C)(C)OC(C)(C)C2)c1F. The minimum atomic E-state index is -2.91. The molecule has 0 amide bonds. The molecule has 150 valence electrons. The van der Waals surface area contributed by atoms with E-state index in [1.807, 2.05) is 13.8 Å². The molecule has 7 nitrogen and oxygen atoms in total. The molecule has 1 saturated heterocycles. The molecule has 1 aromatic carbocycles. The van der Waals surface area contributed by atoms with E-state index >= 15 is 0 Å². The molecule has 0 saturated carbocycles. The molecule has 1 aliphatic rings. The quantitative estimate of drug-likeness (QED) is 0.398. The molecule has 1 aromatic rings. The van der Waals surface area contributed by atoms with Gasteiger partial charge in [0, 0.05) is 18.7 Å². The Kier molecular flexibility index (Phi) is 6.20. The smallest absolute Gasteiger partial charge is 0.260 e. The zero-order valence-electron chi connectivity index (χ0n) is 16.4. The van der Waals surface area contributed by atoms with Gasteiger partial charge in [0.05, 0.1) is 11.2 Å². The highest BCUT2D eigenvalue weighted by molar-refractivity contribution is 5.59. The van der Waals surface area contributed by atoms with Crippen LogP contribution in [0.1, 0.15) is 52.7 Å². The van der Waals surface area contributed by atoms with Crippen LogP contribution in [0, 0.1) is 12.7 Å². The Balaban J connectivity index is 0.00000163. The topological polar surface area (TPSA) is 114 Å². The van der Waals surface area contributed by atoms with E-state index in [1.165, 1.54) is 0 Å². The number of hydrogen-bond donors (Lipinski definition) is 5. The standard InChI is InChI=1S/C16H24FNO6.C2H6/c1-8-10(17)9(12(20)13(21)11(8)19)16(22,23)18-6-14(2,3)24-15(4,5)7-18;1-2/h19-23H,6-7H2,1-5H3;1-2H3. The molecular weight excluding hydrogens is 345 g/mol. The van der Waals surface area contributed by atoms with Crippen molar-refractivity contribution in [1.29, 1.82) is 0 Å². The van der Waals surface area contributed by atoms with E-state index in [1.54, 1.807) is 27.7 Å². The molecule has 0 spiro atoms. The molecule has 0 bridgehead atoms. The van der Waals surface area contributed by atoms with Gasteiger partial charge in [-0.25, -0.2) is 9.29 Å². The van der Waals surface area contributed by atoms with Crippen LogP contribution >= 0.6 is 0 Å². The summed E-state index contributed by atoms with van der Waals surface area (Å²) in [5.74, 6) is -7.12. The average Bonchev–Trinajstić information content (AvgIpc) is 2.50. The minimum Gasteiger partial charge on any atom is -0.504 e. The number of aliphatic hydroxyl groups is 2. The molecule has 8 heteroatoms. The van der Waals surface area contributed by atoms with Crippen molar-refractivity contribution in [1.82, 2.24) is 4.90 Å². The highest BCUT2D eigenvalue weighted by Gasteiger charge is 2.49. The fraction of sp³-hybridized carbons (Fsp3) is 0.667. The van der Waals surface area contributed by atoms with Crippen LogP contribution in [0.3, 0.4) is 0 Å². The van der Waals surface area contributed by atoms with E-state index in [0.29, 0.717) is 0 Å². The highest BCUT2D eigenvalue weighted by atomic mass is 19.1. The molecule has 0 radical (unpaired) electrons. The first-order valence-electron chi connectivity index (χ1n) is 8.53. The zero-order chi connectivity index (χ0) is 20.7. The van der Waals surface area contributed by atoms with E-state index in [-0.39, 0.29) is 13.1 Å². The molecular formula is C18H30FNO6. The lowest BCUT2D eigenvalue weighted by Gasteiger charge is -2.50. The van der Waals surface area contributed by atoms with Gasteiger partial charge in [-0.15, -0.1) is 0 Å². The second-order valence-electron chi connectivity index (χ2n) is 7.47. The first kappa shape index (κ1) is 22.4. The molecule has 26 heavy (non-hydrogen) atoms. The van der Waals surface area contributed by atoms with Crippen molar-refractivity contribution in [2.75, 3.05) is 13.1 Å². The van der Waals surface area contributed by atoms with Gasteiger partial charge in [-0.2, -0.15) is 0 Å². The van der Waals surface area contributed by atoms with Crippen LogP contribution in [0.15, 0.2) is 0 Å². The molecule has 1 fully saturated rings. The molecule has 0 aliphatic carbocycles. The lowest BCUT2D eigenvalue weighted by atomic mass is 9.95. The predicted octanol–water partition coefficient (Wildman–Crippen LogP) is 2.26. The molecule has 2 rings (SSSR count). The summed E-state index contributed by atoms with van der Waals surface area (Å²) in [7, 11) is 0. The fourth-order valence-electron chi connectivity index (χ4n) is 3.28. The van der Waals surface area contributed by atoms with E-state index in [9.17, 15) is 29.9 Å². The summed E-state index contributed by atoms with van der Waals surface area (Å²) in [6.07, 6.45) is 0. The van der Waals surface area contributed by atoms with Crippen molar-refractivity contribution in [3.8, 4) is 17.2 Å². The van der Waals surface area contributed by atoms with Crippen molar-refractivity contribution >= 4 is 0 Å². The van der Waals surface area contributed by atoms with Crippen LogP contribution in [0.2, 0.25) is 0 Å². The maximum absolute atomic E-state index is 14.5. The number of hydrogen-bond acceptors (Lipinski definition) is 7. The van der Waals surface area contributed by atoms with E-state index in [4.69, 9.17) is 4.74 Å². The third-order valence-electron chi connectivity index (χ3n) is 4.06. The maximum atomic E-state index is 14.5. The Hall–Kier alpha value is -1.61. The average molecular weight is 375 g/mol. The lowest BCUT2D eigenvalue weighted by Crippen LogP contribution is -2.63. The number of phenolic OH excluding ortho intramolecular Hbond substituents is 3. The monoisotopic (exact) mass is 375 g/mol. The van der Waals surface area contributed by atoms with Crippen LogP contribution < -0.4 is 0 Å². The molecule has 1 aliphatic heterocycles. The molecule has 0 aromatic heterocycles. The van der Waals surface area contributed by atoms with Crippen molar-refractivity contribution in [3.63, 3.8) is 0 Å². The number of rotatable bonds is 2. The van der Waals surface area contributed by atoms with Gasteiger partial charge >= 0.3 is 0 Å². The van der Waals surface area contributed by atoms with Crippen molar-refractivity contribution in [2.24, 2.45) is 0 Å². The van der Waals surface area contributed by atoms with Gasteiger partial charge in [-0.1, -0.05) is 13.8 Å². The van der Waals surface area contributed by atoms with E-state index in [2.05, 4.69) is 0 Å². The summed E-state index contributed by atoms with van der Waals surface area (Å²) in [6, 6.07) is 0. The maximum Gasteiger partial charge on any atom is 0.260 e. The predicted molar refractivity (Wildman–Crippen MR) is 94.4 cm³/mol. The Bertz CT molecular complexity index is 627. The van der Waals surface area contributed by atoms with E-state index < -0.39 is 51.3 Å². The summed E-state index contributed by atoms with van der Waals surface area (Å²) < 4.78 is 20.4. The number of halogens is 1. The fourth-order valence-corrected chi connectivity index (χ4v) is 3.28. The van der Waals surface area contributed by atoms with Gasteiger partial charge in [-0.05, 0) is 34.6 Å². The first-order chi connectivity index (χ1) is 11.7. The number of aromatic hydroxyl groups is 3. The Morgan fingerprint density at radius 3 is 1.77 bits per heavy atom. The second kappa shape index (κ2) is 7.19. The van der Waals surface area contributed by atoms with Crippen molar-refractivity contribution in [3.05, 3.63) is 16.9 Å². The minimum absolute atomic E-state index is 0.0307. The van der Waals surface area contributed by atoms with Crippen LogP contribution in [0.5, 0.6) is 17.2 Å². The molecule has 0 atom stereocenters. The largest absolute Gasteiger partial charge is 0.504 e. The summed E-state index contributed by atoms with van der Waals surface area (Å²) in [5.41, 5.74) is -2.85. The highest BCUT2D eigenvalue weighted by Crippen LogP contribution is 2.47. The third-order valence-corrected chi connectivity index (χ3v) is 4.06. The van der Waals surface area contributed by atoms with Crippen molar-refractivity contribution in [2.45, 2.75) is 65.6 Å².